The highest BCUT2D eigenvalue weighted by Crippen LogP contribution is 2.38. The molecule has 0 unspecified atom stereocenters. The third kappa shape index (κ3) is 2.11. The number of hydrogen-bond donors (Lipinski definition) is 0. The van der Waals surface area contributed by atoms with Gasteiger partial charge < -0.3 is 14.2 Å². The van der Waals surface area contributed by atoms with Crippen LogP contribution in [0.5, 0.6) is 11.5 Å². The zero-order chi connectivity index (χ0) is 14.2. The number of allylic oxidation sites excluding steroid dienone is 2. The second kappa shape index (κ2) is 4.95. The molecule has 0 N–H and O–H groups in total. The van der Waals surface area contributed by atoms with Crippen LogP contribution in [0.2, 0.25) is 0 Å². The summed E-state index contributed by atoms with van der Waals surface area (Å²) in [4.78, 5) is 0. The van der Waals surface area contributed by atoms with E-state index in [-0.39, 0.29) is 0 Å². The Bertz CT molecular complexity index is 686. The van der Waals surface area contributed by atoms with E-state index in [0.717, 1.165) is 30.9 Å². The highest BCUT2D eigenvalue weighted by atomic mass is 16.6. The maximum Gasteiger partial charge on any atom is 0.209 e. The lowest BCUT2D eigenvalue weighted by Crippen LogP contribution is -2.25. The molecule has 108 valence electrons. The van der Waals surface area contributed by atoms with Gasteiger partial charge in [0, 0.05) is 12.8 Å². The van der Waals surface area contributed by atoms with Crippen LogP contribution in [-0.2, 0) is 11.2 Å². The molecule has 0 saturated carbocycles. The number of nitrogens with zero attached hydrogens (tertiary/aromatic N) is 1. The van der Waals surface area contributed by atoms with Crippen LogP contribution in [0.25, 0.3) is 5.70 Å². The zero-order valence-corrected chi connectivity index (χ0v) is 12.1. The predicted molar refractivity (Wildman–Crippen MR) is 80.0 cm³/mol. The summed E-state index contributed by atoms with van der Waals surface area (Å²) in [5, 5.41) is 0. The molecule has 0 spiro atoms. The predicted octanol–water partition coefficient (Wildman–Crippen LogP) is 2.37. The number of hydrogen-bond acceptors (Lipinski definition) is 3. The van der Waals surface area contributed by atoms with E-state index in [0.29, 0.717) is 13.2 Å². The van der Waals surface area contributed by atoms with Gasteiger partial charge in [0.05, 0.1) is 24.5 Å². The van der Waals surface area contributed by atoms with Crippen LogP contribution >= 0.6 is 0 Å². The SMILES string of the molecule is CO/C=C1\C=[N+]2CCc3cc4c(cc3C2=CC1)OCCO4. The largest absolute Gasteiger partial charge is 0.504 e. The van der Waals surface area contributed by atoms with Gasteiger partial charge in [0.1, 0.15) is 13.2 Å². The van der Waals surface area contributed by atoms with Crippen LogP contribution in [0.4, 0.5) is 0 Å². The van der Waals surface area contributed by atoms with E-state index >= 15 is 0 Å². The molecule has 1 aromatic rings. The number of benzene rings is 1. The van der Waals surface area contributed by atoms with Crippen molar-refractivity contribution in [2.45, 2.75) is 12.8 Å². The molecule has 3 heterocycles. The normalized spacial score (nSPS) is 21.1. The van der Waals surface area contributed by atoms with Crippen molar-refractivity contribution in [3.8, 4) is 11.5 Å². The molecule has 4 heteroatoms. The number of rotatable bonds is 1. The molecule has 21 heavy (non-hydrogen) atoms. The fourth-order valence-corrected chi connectivity index (χ4v) is 3.15. The molecule has 0 radical (unpaired) electrons. The van der Waals surface area contributed by atoms with Gasteiger partial charge in [0.25, 0.3) is 0 Å². The monoisotopic (exact) mass is 284 g/mol. The molecular formula is C17H18NO3+. The summed E-state index contributed by atoms with van der Waals surface area (Å²) in [5.41, 5.74) is 5.07. The van der Waals surface area contributed by atoms with Gasteiger partial charge in [-0.2, -0.15) is 4.58 Å². The van der Waals surface area contributed by atoms with Gasteiger partial charge in [-0.15, -0.1) is 0 Å². The summed E-state index contributed by atoms with van der Waals surface area (Å²) in [6.45, 7) is 2.25. The molecular weight excluding hydrogens is 266 g/mol. The lowest BCUT2D eigenvalue weighted by molar-refractivity contribution is -0.430. The van der Waals surface area contributed by atoms with Crippen molar-refractivity contribution in [3.05, 3.63) is 41.2 Å². The molecule has 0 amide bonds. The molecule has 3 aliphatic rings. The average Bonchev–Trinajstić information content (AvgIpc) is 2.53. The van der Waals surface area contributed by atoms with Crippen LogP contribution in [0.3, 0.4) is 0 Å². The first kappa shape index (κ1) is 12.5. The van der Waals surface area contributed by atoms with Crippen molar-refractivity contribution in [3.63, 3.8) is 0 Å². The minimum absolute atomic E-state index is 0.626. The van der Waals surface area contributed by atoms with Crippen LogP contribution in [0.15, 0.2) is 30.0 Å². The first-order valence-corrected chi connectivity index (χ1v) is 7.31. The Morgan fingerprint density at radius 2 is 2.00 bits per heavy atom. The van der Waals surface area contributed by atoms with Crippen molar-refractivity contribution in [1.29, 1.82) is 0 Å². The van der Waals surface area contributed by atoms with Gasteiger partial charge in [-0.25, -0.2) is 0 Å². The minimum Gasteiger partial charge on any atom is -0.504 e. The van der Waals surface area contributed by atoms with E-state index < -0.39 is 0 Å². The quantitative estimate of drug-likeness (QED) is 0.586. The topological polar surface area (TPSA) is 30.7 Å². The minimum atomic E-state index is 0.626. The average molecular weight is 284 g/mol. The lowest BCUT2D eigenvalue weighted by atomic mass is 9.93. The molecule has 0 fully saturated rings. The fraction of sp³-hybridized carbons (Fsp3) is 0.353. The maximum atomic E-state index is 5.72. The third-order valence-electron chi connectivity index (χ3n) is 4.10. The van der Waals surface area contributed by atoms with E-state index in [9.17, 15) is 0 Å². The smallest absolute Gasteiger partial charge is 0.209 e. The van der Waals surface area contributed by atoms with Crippen LogP contribution in [-0.4, -0.2) is 37.7 Å². The van der Waals surface area contributed by atoms with Gasteiger partial charge >= 0.3 is 0 Å². The lowest BCUT2D eigenvalue weighted by Gasteiger charge is -2.24. The van der Waals surface area contributed by atoms with E-state index in [2.05, 4.69) is 29.0 Å². The zero-order valence-electron chi connectivity index (χ0n) is 12.1. The fourth-order valence-electron chi connectivity index (χ4n) is 3.15. The van der Waals surface area contributed by atoms with Crippen molar-refractivity contribution >= 4 is 11.9 Å². The summed E-state index contributed by atoms with van der Waals surface area (Å²) in [6.07, 6.45) is 8.16. The first-order chi connectivity index (χ1) is 10.3. The molecule has 0 aliphatic carbocycles. The molecule has 1 aromatic carbocycles. The van der Waals surface area contributed by atoms with Gasteiger partial charge in [-0.1, -0.05) is 0 Å². The Morgan fingerprint density at radius 1 is 1.19 bits per heavy atom. The van der Waals surface area contributed by atoms with Crippen LogP contribution < -0.4 is 9.47 Å². The number of fused-ring (bicyclic) bond motifs is 4. The summed E-state index contributed by atoms with van der Waals surface area (Å²) in [6, 6.07) is 4.27. The Morgan fingerprint density at radius 3 is 2.81 bits per heavy atom. The van der Waals surface area contributed by atoms with E-state index in [1.165, 1.54) is 22.4 Å². The van der Waals surface area contributed by atoms with Gasteiger partial charge in [-0.3, -0.25) is 0 Å². The van der Waals surface area contributed by atoms with Crippen molar-refractivity contribution in [2.75, 3.05) is 26.9 Å². The van der Waals surface area contributed by atoms with Crippen molar-refractivity contribution in [1.82, 2.24) is 0 Å². The Hall–Kier alpha value is -2.23. The summed E-state index contributed by atoms with van der Waals surface area (Å²) in [7, 11) is 1.69. The van der Waals surface area contributed by atoms with Gasteiger partial charge in [0.2, 0.25) is 5.70 Å². The molecule has 0 saturated heterocycles. The van der Waals surface area contributed by atoms with Crippen LogP contribution in [0.1, 0.15) is 17.5 Å². The molecule has 4 nitrogen and oxygen atoms in total. The number of ether oxygens (including phenoxy) is 3. The van der Waals surface area contributed by atoms with E-state index in [1.54, 1.807) is 7.11 Å². The standard InChI is InChI=1S/C17H18NO3/c1-19-11-12-2-3-15-14-9-17-16(20-6-7-21-17)8-13(14)4-5-18(15)10-12/h3,8-11H,2,4-7H2,1H3/q+1/b12-11-. The molecule has 0 atom stereocenters. The van der Waals surface area contributed by atoms with E-state index in [4.69, 9.17) is 14.2 Å². The van der Waals surface area contributed by atoms with E-state index in [1.807, 2.05) is 6.26 Å². The molecule has 3 aliphatic heterocycles. The highest BCUT2D eigenvalue weighted by Gasteiger charge is 2.30. The van der Waals surface area contributed by atoms with Crippen molar-refractivity contribution in [2.24, 2.45) is 0 Å². The second-order valence-corrected chi connectivity index (χ2v) is 5.45. The third-order valence-corrected chi connectivity index (χ3v) is 4.10. The Kier molecular flexibility index (Phi) is 2.95. The first-order valence-electron chi connectivity index (χ1n) is 7.31. The summed E-state index contributed by atoms with van der Waals surface area (Å²) < 4.78 is 18.8. The van der Waals surface area contributed by atoms with Crippen molar-refractivity contribution < 1.29 is 18.8 Å². The molecule has 0 aromatic heterocycles. The Balaban J connectivity index is 1.77. The van der Waals surface area contributed by atoms with Gasteiger partial charge in [0.15, 0.2) is 24.3 Å². The summed E-state index contributed by atoms with van der Waals surface area (Å²) >= 11 is 0. The number of methoxy groups -OCH3 is 1. The van der Waals surface area contributed by atoms with Gasteiger partial charge in [-0.05, 0) is 23.8 Å². The second-order valence-electron chi connectivity index (χ2n) is 5.45. The summed E-state index contributed by atoms with van der Waals surface area (Å²) in [5.74, 6) is 1.75. The maximum absolute atomic E-state index is 5.72. The molecule has 0 bridgehead atoms. The Labute approximate surface area is 123 Å². The molecule has 4 rings (SSSR count). The van der Waals surface area contributed by atoms with Crippen LogP contribution in [0, 0.1) is 0 Å². The highest BCUT2D eigenvalue weighted by molar-refractivity contribution is 5.81.